The monoisotopic (exact) mass is 349 g/mol. The third-order valence-electron chi connectivity index (χ3n) is 2.38. The number of alkyl halides is 3. The van der Waals surface area contributed by atoms with Crippen LogP contribution in [0, 0.1) is 5.82 Å². The smallest absolute Gasteiger partial charge is 0.416 e. The topological polar surface area (TPSA) is 35.2 Å². The molecule has 0 radical (unpaired) electrons. The quantitative estimate of drug-likeness (QED) is 0.612. The van der Waals surface area contributed by atoms with E-state index >= 15 is 0 Å². The molecule has 0 spiro atoms. The lowest BCUT2D eigenvalue weighted by atomic mass is 10.2. The minimum Gasteiger partial charge on any atom is -0.454 e. The lowest BCUT2D eigenvalue weighted by Crippen LogP contribution is -2.06. The minimum atomic E-state index is -4.55. The summed E-state index contributed by atoms with van der Waals surface area (Å²) in [4.78, 5) is 0. The molecule has 0 aliphatic heterocycles. The van der Waals surface area contributed by atoms with Crippen LogP contribution >= 0.6 is 15.9 Å². The lowest BCUT2D eigenvalue weighted by molar-refractivity contribution is -0.137. The maximum Gasteiger partial charge on any atom is 0.416 e. The molecule has 20 heavy (non-hydrogen) atoms. The Morgan fingerprint density at radius 3 is 2.35 bits per heavy atom. The molecule has 0 bridgehead atoms. The molecule has 0 saturated carbocycles. The Hall–Kier alpha value is -1.76. The first-order valence-corrected chi connectivity index (χ1v) is 6.15. The zero-order chi connectivity index (χ0) is 14.9. The number of ether oxygens (including phenoxy) is 1. The average Bonchev–Trinajstić information content (AvgIpc) is 2.31. The summed E-state index contributed by atoms with van der Waals surface area (Å²) in [6.45, 7) is 0. The van der Waals surface area contributed by atoms with Crippen LogP contribution in [0.25, 0.3) is 0 Å². The van der Waals surface area contributed by atoms with E-state index in [1.54, 1.807) is 0 Å². The summed E-state index contributed by atoms with van der Waals surface area (Å²) < 4.78 is 57.0. The maximum absolute atomic E-state index is 13.6. The molecule has 0 heterocycles. The van der Waals surface area contributed by atoms with Gasteiger partial charge in [0.05, 0.1) is 5.56 Å². The lowest BCUT2D eigenvalue weighted by Gasteiger charge is -2.12. The molecule has 2 rings (SSSR count). The van der Waals surface area contributed by atoms with Crippen molar-refractivity contribution in [3.8, 4) is 11.5 Å². The molecule has 0 atom stereocenters. The average molecular weight is 350 g/mol. The van der Waals surface area contributed by atoms with Gasteiger partial charge in [0.1, 0.15) is 5.75 Å². The fraction of sp³-hybridized carbons (Fsp3) is 0.0769. The number of hydrogen-bond donors (Lipinski definition) is 1. The second-order valence-electron chi connectivity index (χ2n) is 3.97. The van der Waals surface area contributed by atoms with E-state index < -0.39 is 17.6 Å². The second kappa shape index (κ2) is 5.32. The van der Waals surface area contributed by atoms with Gasteiger partial charge in [0, 0.05) is 16.2 Å². The Balaban J connectivity index is 2.36. The number of rotatable bonds is 2. The summed E-state index contributed by atoms with van der Waals surface area (Å²) >= 11 is 3.07. The summed E-state index contributed by atoms with van der Waals surface area (Å²) in [5.74, 6) is -1.07. The van der Waals surface area contributed by atoms with Gasteiger partial charge in [-0.2, -0.15) is 13.2 Å². The Labute approximate surface area is 120 Å². The maximum atomic E-state index is 13.6. The van der Waals surface area contributed by atoms with Gasteiger partial charge in [-0.1, -0.05) is 15.9 Å². The third kappa shape index (κ3) is 3.41. The highest BCUT2D eigenvalue weighted by Crippen LogP contribution is 2.35. The SMILES string of the molecule is Nc1cc(Oc2ccc(Br)cc2F)cc(C(F)(F)F)c1. The molecule has 2 N–H and O–H groups in total. The van der Waals surface area contributed by atoms with E-state index in [4.69, 9.17) is 10.5 Å². The highest BCUT2D eigenvalue weighted by molar-refractivity contribution is 9.10. The van der Waals surface area contributed by atoms with E-state index in [0.717, 1.165) is 18.2 Å². The summed E-state index contributed by atoms with van der Waals surface area (Å²) in [6.07, 6.45) is -4.55. The summed E-state index contributed by atoms with van der Waals surface area (Å²) in [6, 6.07) is 6.69. The summed E-state index contributed by atoms with van der Waals surface area (Å²) in [5, 5.41) is 0. The van der Waals surface area contributed by atoms with Crippen LogP contribution in [0.15, 0.2) is 40.9 Å². The van der Waals surface area contributed by atoms with E-state index in [-0.39, 0.29) is 17.2 Å². The van der Waals surface area contributed by atoms with Crippen molar-refractivity contribution in [2.24, 2.45) is 0 Å². The molecular formula is C13H8BrF4NO. The largest absolute Gasteiger partial charge is 0.454 e. The molecule has 0 aliphatic carbocycles. The second-order valence-corrected chi connectivity index (χ2v) is 4.88. The van der Waals surface area contributed by atoms with Crippen molar-refractivity contribution >= 4 is 21.6 Å². The van der Waals surface area contributed by atoms with Gasteiger partial charge < -0.3 is 10.5 Å². The first-order chi connectivity index (χ1) is 9.25. The Morgan fingerprint density at radius 2 is 1.75 bits per heavy atom. The van der Waals surface area contributed by atoms with E-state index in [1.807, 2.05) is 0 Å². The van der Waals surface area contributed by atoms with Crippen molar-refractivity contribution in [2.45, 2.75) is 6.18 Å². The molecule has 0 saturated heterocycles. The zero-order valence-electron chi connectivity index (χ0n) is 9.84. The number of hydrogen-bond acceptors (Lipinski definition) is 2. The number of anilines is 1. The molecule has 0 amide bonds. The number of halogens is 5. The van der Waals surface area contributed by atoms with Crippen LogP contribution in [0.1, 0.15) is 5.56 Å². The Bertz CT molecular complexity index is 643. The van der Waals surface area contributed by atoms with E-state index in [1.165, 1.54) is 18.2 Å². The molecule has 7 heteroatoms. The van der Waals surface area contributed by atoms with Crippen LogP contribution in [-0.2, 0) is 6.18 Å². The van der Waals surface area contributed by atoms with Crippen molar-refractivity contribution < 1.29 is 22.3 Å². The number of nitrogens with two attached hydrogens (primary N) is 1. The van der Waals surface area contributed by atoms with Crippen LogP contribution in [0.5, 0.6) is 11.5 Å². The minimum absolute atomic E-state index is 0.118. The first kappa shape index (κ1) is 14.6. The molecule has 0 aromatic heterocycles. The normalized spacial score (nSPS) is 11.4. The van der Waals surface area contributed by atoms with Gasteiger partial charge in [0.25, 0.3) is 0 Å². The van der Waals surface area contributed by atoms with Crippen LogP contribution in [0.2, 0.25) is 0 Å². The van der Waals surface area contributed by atoms with Crippen molar-refractivity contribution in [3.63, 3.8) is 0 Å². The van der Waals surface area contributed by atoms with Crippen LogP contribution in [0.4, 0.5) is 23.2 Å². The van der Waals surface area contributed by atoms with Crippen molar-refractivity contribution in [1.29, 1.82) is 0 Å². The summed E-state index contributed by atoms with van der Waals surface area (Å²) in [5.41, 5.74) is 4.32. The van der Waals surface area contributed by atoms with Gasteiger partial charge in [-0.15, -0.1) is 0 Å². The Morgan fingerprint density at radius 1 is 1.05 bits per heavy atom. The van der Waals surface area contributed by atoms with Crippen LogP contribution in [0.3, 0.4) is 0 Å². The van der Waals surface area contributed by atoms with Gasteiger partial charge in [0.2, 0.25) is 0 Å². The van der Waals surface area contributed by atoms with Gasteiger partial charge in [0.15, 0.2) is 11.6 Å². The fourth-order valence-electron chi connectivity index (χ4n) is 1.53. The molecule has 2 nitrogen and oxygen atoms in total. The van der Waals surface area contributed by atoms with Crippen molar-refractivity contribution in [1.82, 2.24) is 0 Å². The molecule has 0 aliphatic rings. The molecule has 106 valence electrons. The highest BCUT2D eigenvalue weighted by Gasteiger charge is 2.31. The van der Waals surface area contributed by atoms with Crippen molar-refractivity contribution in [2.75, 3.05) is 5.73 Å². The molecule has 2 aromatic rings. The molecule has 0 fully saturated rings. The molecule has 0 unspecified atom stereocenters. The van der Waals surface area contributed by atoms with Crippen LogP contribution < -0.4 is 10.5 Å². The molecule has 2 aromatic carbocycles. The number of benzene rings is 2. The highest BCUT2D eigenvalue weighted by atomic mass is 79.9. The van der Waals surface area contributed by atoms with E-state index in [0.29, 0.717) is 4.47 Å². The first-order valence-electron chi connectivity index (χ1n) is 5.36. The Kier molecular flexibility index (Phi) is 3.89. The molecular weight excluding hydrogens is 342 g/mol. The van der Waals surface area contributed by atoms with Crippen molar-refractivity contribution in [3.05, 3.63) is 52.3 Å². The standard InChI is InChI=1S/C13H8BrF4NO/c14-8-1-2-12(11(15)5-8)20-10-4-7(13(16,17)18)3-9(19)6-10/h1-6H,19H2. The van der Waals surface area contributed by atoms with Gasteiger partial charge >= 0.3 is 6.18 Å². The fourth-order valence-corrected chi connectivity index (χ4v) is 1.86. The predicted molar refractivity (Wildman–Crippen MR) is 70.0 cm³/mol. The number of nitrogen functional groups attached to an aromatic ring is 1. The van der Waals surface area contributed by atoms with Gasteiger partial charge in [-0.3, -0.25) is 0 Å². The third-order valence-corrected chi connectivity index (χ3v) is 2.87. The van der Waals surface area contributed by atoms with Gasteiger partial charge in [-0.25, -0.2) is 4.39 Å². The predicted octanol–water partition coefficient (Wildman–Crippen LogP) is 4.98. The van der Waals surface area contributed by atoms with E-state index in [2.05, 4.69) is 15.9 Å². The summed E-state index contributed by atoms with van der Waals surface area (Å²) in [7, 11) is 0. The van der Waals surface area contributed by atoms with E-state index in [9.17, 15) is 17.6 Å². The zero-order valence-corrected chi connectivity index (χ0v) is 11.4. The van der Waals surface area contributed by atoms with Gasteiger partial charge in [-0.05, 0) is 30.3 Å². The van der Waals surface area contributed by atoms with Crippen LogP contribution in [-0.4, -0.2) is 0 Å².